The lowest BCUT2D eigenvalue weighted by Gasteiger charge is -1.83. The molecule has 0 aromatic carbocycles. The molecule has 0 radical (unpaired) electrons. The van der Waals surface area contributed by atoms with E-state index in [-0.39, 0.29) is 11.9 Å². The number of aromatic nitrogens is 3. The van der Waals surface area contributed by atoms with Crippen LogP contribution in [0.3, 0.4) is 0 Å². The van der Waals surface area contributed by atoms with Gasteiger partial charge in [-0.3, -0.25) is 0 Å². The van der Waals surface area contributed by atoms with Crippen molar-refractivity contribution in [3.8, 4) is 23.1 Å². The largest absolute Gasteiger partial charge is 0.461 e. The van der Waals surface area contributed by atoms with Gasteiger partial charge in [0.2, 0.25) is 5.76 Å². The molecule has 7 heteroatoms. The molecular formula is C9H6N4O3. The van der Waals surface area contributed by atoms with E-state index < -0.39 is 0 Å². The molecule has 0 bridgehead atoms. The Kier molecular flexibility index (Phi) is 1.76. The second kappa shape index (κ2) is 3.23. The first-order valence-corrected chi connectivity index (χ1v) is 4.43. The minimum absolute atomic E-state index is 0.0162. The third kappa shape index (κ3) is 1.34. The lowest BCUT2D eigenvalue weighted by atomic mass is 10.3. The second-order valence-electron chi connectivity index (χ2n) is 3.00. The molecule has 3 aromatic rings. The summed E-state index contributed by atoms with van der Waals surface area (Å²) in [5, 5.41) is 11.0. The summed E-state index contributed by atoms with van der Waals surface area (Å²) in [7, 11) is 0. The number of nitrogens with zero attached hydrogens (tertiary/aromatic N) is 3. The van der Waals surface area contributed by atoms with Crippen LogP contribution in [-0.2, 0) is 0 Å². The fraction of sp³-hybridized carbons (Fsp3) is 0. The zero-order valence-electron chi connectivity index (χ0n) is 7.95. The topological polar surface area (TPSA) is 104 Å². The smallest absolute Gasteiger partial charge is 0.313 e. The number of anilines is 1. The fourth-order valence-corrected chi connectivity index (χ4v) is 1.25. The summed E-state index contributed by atoms with van der Waals surface area (Å²) >= 11 is 0. The maximum Gasteiger partial charge on any atom is 0.313 e. The first kappa shape index (κ1) is 8.72. The fourth-order valence-electron chi connectivity index (χ4n) is 1.25. The summed E-state index contributed by atoms with van der Waals surface area (Å²) in [6.07, 6.45) is 1.54. The highest BCUT2D eigenvalue weighted by Crippen LogP contribution is 2.25. The van der Waals surface area contributed by atoms with Gasteiger partial charge in [0.05, 0.1) is 6.26 Å². The van der Waals surface area contributed by atoms with Crippen LogP contribution in [0.5, 0.6) is 0 Å². The summed E-state index contributed by atoms with van der Waals surface area (Å²) < 4.78 is 15.2. The van der Waals surface area contributed by atoms with Crippen LogP contribution in [-0.4, -0.2) is 15.4 Å². The molecule has 7 nitrogen and oxygen atoms in total. The first-order valence-electron chi connectivity index (χ1n) is 4.43. The normalized spacial score (nSPS) is 10.8. The highest BCUT2D eigenvalue weighted by molar-refractivity contribution is 5.58. The van der Waals surface area contributed by atoms with Gasteiger partial charge in [-0.15, -0.1) is 5.10 Å². The van der Waals surface area contributed by atoms with E-state index in [1.54, 1.807) is 24.5 Å². The van der Waals surface area contributed by atoms with Crippen LogP contribution in [0.1, 0.15) is 0 Å². The molecule has 16 heavy (non-hydrogen) atoms. The van der Waals surface area contributed by atoms with Gasteiger partial charge in [-0.25, -0.2) is 0 Å². The monoisotopic (exact) mass is 218 g/mol. The molecule has 3 heterocycles. The number of rotatable bonds is 2. The Hall–Kier alpha value is -2.57. The van der Waals surface area contributed by atoms with Crippen molar-refractivity contribution < 1.29 is 13.4 Å². The van der Waals surface area contributed by atoms with Gasteiger partial charge >= 0.3 is 6.01 Å². The maximum atomic E-state index is 5.30. The summed E-state index contributed by atoms with van der Waals surface area (Å²) in [5.74, 6) is 1.27. The van der Waals surface area contributed by atoms with Crippen molar-refractivity contribution in [3.63, 3.8) is 0 Å². The van der Waals surface area contributed by atoms with Crippen LogP contribution in [0, 0.1) is 0 Å². The van der Waals surface area contributed by atoms with E-state index in [1.807, 2.05) is 0 Å². The molecule has 0 aliphatic carbocycles. The van der Waals surface area contributed by atoms with Crippen molar-refractivity contribution in [2.75, 3.05) is 5.73 Å². The molecule has 0 aliphatic heterocycles. The lowest BCUT2D eigenvalue weighted by Crippen LogP contribution is -1.81. The molecule has 0 aliphatic rings. The van der Waals surface area contributed by atoms with Gasteiger partial charge in [0.25, 0.3) is 5.89 Å². The second-order valence-corrected chi connectivity index (χ2v) is 3.00. The molecule has 0 fully saturated rings. The van der Waals surface area contributed by atoms with E-state index in [2.05, 4.69) is 15.4 Å². The van der Waals surface area contributed by atoms with Crippen LogP contribution in [0.4, 0.5) is 6.01 Å². The van der Waals surface area contributed by atoms with Crippen LogP contribution in [0.15, 0.2) is 37.8 Å². The Balaban J connectivity index is 2.00. The Morgan fingerprint density at radius 2 is 2.12 bits per heavy atom. The zero-order valence-corrected chi connectivity index (χ0v) is 7.95. The predicted molar refractivity (Wildman–Crippen MR) is 51.9 cm³/mol. The SMILES string of the molecule is Nc1nnc(-c2cc(-c3ccco3)on2)o1. The molecule has 3 aromatic heterocycles. The average molecular weight is 218 g/mol. The standard InChI is InChI=1S/C9H6N4O3/c10-9-12-11-8(15-9)5-4-7(16-13-5)6-2-1-3-14-6/h1-4H,(H2,10,12). The van der Waals surface area contributed by atoms with Gasteiger partial charge in [-0.05, 0) is 12.1 Å². The van der Waals surface area contributed by atoms with Crippen molar-refractivity contribution in [1.29, 1.82) is 0 Å². The van der Waals surface area contributed by atoms with Crippen molar-refractivity contribution in [2.45, 2.75) is 0 Å². The molecule has 0 amide bonds. The van der Waals surface area contributed by atoms with Gasteiger partial charge in [-0.2, -0.15) is 0 Å². The molecular weight excluding hydrogens is 212 g/mol. The number of hydrogen-bond donors (Lipinski definition) is 1. The minimum Gasteiger partial charge on any atom is -0.461 e. The highest BCUT2D eigenvalue weighted by Gasteiger charge is 2.14. The van der Waals surface area contributed by atoms with E-state index in [1.165, 1.54) is 0 Å². The van der Waals surface area contributed by atoms with Gasteiger partial charge in [0, 0.05) is 6.07 Å². The molecule has 0 spiro atoms. The Labute approximate surface area is 88.8 Å². The van der Waals surface area contributed by atoms with Gasteiger partial charge in [0.15, 0.2) is 11.5 Å². The van der Waals surface area contributed by atoms with Crippen molar-refractivity contribution >= 4 is 6.01 Å². The summed E-state index contributed by atoms with van der Waals surface area (Å²) in [5.41, 5.74) is 5.71. The van der Waals surface area contributed by atoms with Crippen LogP contribution < -0.4 is 5.73 Å². The molecule has 0 saturated carbocycles. The summed E-state index contributed by atoms with van der Waals surface area (Å²) in [4.78, 5) is 0. The van der Waals surface area contributed by atoms with E-state index in [9.17, 15) is 0 Å². The Morgan fingerprint density at radius 3 is 2.81 bits per heavy atom. The highest BCUT2D eigenvalue weighted by atomic mass is 16.5. The van der Waals surface area contributed by atoms with Crippen LogP contribution in [0.25, 0.3) is 23.1 Å². The van der Waals surface area contributed by atoms with Crippen LogP contribution in [0.2, 0.25) is 0 Å². The van der Waals surface area contributed by atoms with E-state index >= 15 is 0 Å². The number of nitrogens with two attached hydrogens (primary N) is 1. The summed E-state index contributed by atoms with van der Waals surface area (Å²) in [6.45, 7) is 0. The molecule has 0 unspecified atom stereocenters. The number of nitrogen functional groups attached to an aromatic ring is 1. The van der Waals surface area contributed by atoms with Gasteiger partial charge in [-0.1, -0.05) is 10.3 Å². The molecule has 80 valence electrons. The molecule has 2 N–H and O–H groups in total. The first-order chi connectivity index (χ1) is 7.83. The average Bonchev–Trinajstić information content (AvgIpc) is 2.97. The van der Waals surface area contributed by atoms with Gasteiger partial charge < -0.3 is 19.1 Å². The van der Waals surface area contributed by atoms with Crippen molar-refractivity contribution in [1.82, 2.24) is 15.4 Å². The zero-order chi connectivity index (χ0) is 11.0. The quantitative estimate of drug-likeness (QED) is 0.695. The van der Waals surface area contributed by atoms with E-state index in [4.69, 9.17) is 19.1 Å². The Morgan fingerprint density at radius 1 is 1.19 bits per heavy atom. The molecule has 3 rings (SSSR count). The minimum atomic E-state index is -0.0162. The van der Waals surface area contributed by atoms with E-state index in [0.717, 1.165) is 0 Å². The third-order valence-electron chi connectivity index (χ3n) is 1.93. The lowest BCUT2D eigenvalue weighted by molar-refractivity contribution is 0.417. The van der Waals surface area contributed by atoms with Crippen molar-refractivity contribution in [2.24, 2.45) is 0 Å². The van der Waals surface area contributed by atoms with Crippen molar-refractivity contribution in [3.05, 3.63) is 24.5 Å². The van der Waals surface area contributed by atoms with E-state index in [0.29, 0.717) is 17.2 Å². The van der Waals surface area contributed by atoms with Crippen LogP contribution >= 0.6 is 0 Å². The number of furan rings is 1. The van der Waals surface area contributed by atoms with Gasteiger partial charge in [0.1, 0.15) is 0 Å². The molecule has 0 atom stereocenters. The third-order valence-corrected chi connectivity index (χ3v) is 1.93. The predicted octanol–water partition coefficient (Wildman–Crippen LogP) is 1.57. The Bertz CT molecular complexity index is 596. The maximum absolute atomic E-state index is 5.30. The summed E-state index contributed by atoms with van der Waals surface area (Å²) in [6, 6.07) is 5.12. The number of hydrogen-bond acceptors (Lipinski definition) is 7. The molecule has 0 saturated heterocycles.